The lowest BCUT2D eigenvalue weighted by atomic mass is 9.33. The molecule has 48 heavy (non-hydrogen) atoms. The summed E-state index contributed by atoms with van der Waals surface area (Å²) < 4.78 is 21.5. The van der Waals surface area contributed by atoms with Gasteiger partial charge in [0.2, 0.25) is 0 Å². The molecular formula is C37H50O11. The van der Waals surface area contributed by atoms with Gasteiger partial charge in [0.15, 0.2) is 23.9 Å². The van der Waals surface area contributed by atoms with Gasteiger partial charge in [0.1, 0.15) is 18.1 Å². The van der Waals surface area contributed by atoms with Crippen LogP contribution >= 0.6 is 0 Å². The van der Waals surface area contributed by atoms with Crippen molar-refractivity contribution in [2.75, 3.05) is 6.61 Å². The number of aliphatic hydroxyl groups excluding tert-OH is 1. The van der Waals surface area contributed by atoms with Crippen LogP contribution in [0.5, 0.6) is 0 Å². The molecule has 4 fully saturated rings. The standard InChI is InChI=1S/C37H50O11/c1-20-24(47-31(44)46-20)19-45-30(43)37(7)25-8-11-36(6)28(34(25,4)10-9-26(37)48-27(40)18-38)23(39)16-21-22-17-33(3,29(41)42)13-12-32(22,2)14-15-35(21,36)5/h16,22,25-26,28,38H,8-15,17-19H2,1-7H3,(H,41,42)/t22-,25+,26-,28+,32+,33-,34-,35+,36+,37-/m0/s1. The number of carbonyl (C=O) groups is 4. The Morgan fingerprint density at radius 3 is 2.25 bits per heavy atom. The molecule has 0 aliphatic heterocycles. The Morgan fingerprint density at radius 2 is 1.62 bits per heavy atom. The summed E-state index contributed by atoms with van der Waals surface area (Å²) in [6.07, 6.45) is 6.72. The molecule has 11 nitrogen and oxygen atoms in total. The second kappa shape index (κ2) is 11.2. The van der Waals surface area contributed by atoms with E-state index in [2.05, 4.69) is 27.7 Å². The first-order valence-corrected chi connectivity index (χ1v) is 17.4. The predicted molar refractivity (Wildman–Crippen MR) is 170 cm³/mol. The molecule has 1 aromatic heterocycles. The number of fused-ring (bicyclic) bond motifs is 7. The van der Waals surface area contributed by atoms with Crippen LogP contribution in [-0.2, 0) is 35.3 Å². The van der Waals surface area contributed by atoms with Crippen molar-refractivity contribution in [1.82, 2.24) is 0 Å². The Balaban J connectivity index is 1.40. The van der Waals surface area contributed by atoms with E-state index in [0.717, 1.165) is 24.8 Å². The van der Waals surface area contributed by atoms with Crippen LogP contribution < -0.4 is 5.82 Å². The zero-order chi connectivity index (χ0) is 35.2. The molecule has 1 aromatic rings. The normalized spacial score (nSPS) is 43.5. The first kappa shape index (κ1) is 34.6. The zero-order valence-corrected chi connectivity index (χ0v) is 29.2. The Morgan fingerprint density at radius 1 is 0.938 bits per heavy atom. The van der Waals surface area contributed by atoms with Crippen molar-refractivity contribution in [2.24, 2.45) is 50.2 Å². The molecule has 10 atom stereocenters. The van der Waals surface area contributed by atoms with E-state index in [1.807, 2.05) is 13.0 Å². The van der Waals surface area contributed by atoms with Crippen molar-refractivity contribution in [1.29, 1.82) is 0 Å². The first-order chi connectivity index (χ1) is 22.3. The summed E-state index contributed by atoms with van der Waals surface area (Å²) in [4.78, 5) is 65.4. The molecule has 2 N–H and O–H groups in total. The van der Waals surface area contributed by atoms with Crippen molar-refractivity contribution in [3.63, 3.8) is 0 Å². The number of carboxylic acids is 1. The summed E-state index contributed by atoms with van der Waals surface area (Å²) in [6, 6.07) is 0. The molecule has 5 aliphatic carbocycles. The summed E-state index contributed by atoms with van der Waals surface area (Å²) in [5.41, 5.74) is -2.69. The van der Waals surface area contributed by atoms with E-state index in [9.17, 15) is 34.2 Å². The number of aryl methyl sites for hydroxylation is 1. The minimum atomic E-state index is -1.37. The average Bonchev–Trinajstić information content (AvgIpc) is 3.35. The van der Waals surface area contributed by atoms with Gasteiger partial charge >= 0.3 is 23.7 Å². The molecule has 1 heterocycles. The van der Waals surface area contributed by atoms with E-state index in [1.54, 1.807) is 6.92 Å². The maximum absolute atomic E-state index is 14.7. The van der Waals surface area contributed by atoms with Gasteiger partial charge in [0, 0.05) is 5.92 Å². The van der Waals surface area contributed by atoms with Crippen LogP contribution in [0.25, 0.3) is 0 Å². The molecule has 0 bridgehead atoms. The largest absolute Gasteiger partial charge is 0.519 e. The Kier molecular flexibility index (Phi) is 8.05. The third-order valence-corrected chi connectivity index (χ3v) is 14.7. The fourth-order valence-electron chi connectivity index (χ4n) is 11.5. The van der Waals surface area contributed by atoms with Gasteiger partial charge in [-0.1, -0.05) is 33.3 Å². The quantitative estimate of drug-likeness (QED) is 0.365. The summed E-state index contributed by atoms with van der Waals surface area (Å²) in [5.74, 6) is -3.77. The molecular weight excluding hydrogens is 620 g/mol. The monoisotopic (exact) mass is 670 g/mol. The third-order valence-electron chi connectivity index (χ3n) is 14.7. The molecule has 0 unspecified atom stereocenters. The number of allylic oxidation sites excluding steroid dienone is 2. The van der Waals surface area contributed by atoms with E-state index in [1.165, 1.54) is 6.92 Å². The van der Waals surface area contributed by atoms with Crippen LogP contribution in [0.15, 0.2) is 25.3 Å². The lowest BCUT2D eigenvalue weighted by Gasteiger charge is -2.70. The second-order valence-corrected chi connectivity index (χ2v) is 17.0. The number of rotatable bonds is 6. The van der Waals surface area contributed by atoms with Gasteiger partial charge in [-0.25, -0.2) is 9.59 Å². The fourth-order valence-corrected chi connectivity index (χ4v) is 11.5. The van der Waals surface area contributed by atoms with Crippen molar-refractivity contribution < 1.29 is 47.7 Å². The number of aliphatic hydroxyl groups is 1. The van der Waals surface area contributed by atoms with Crippen LogP contribution in [0.3, 0.4) is 0 Å². The molecule has 4 saturated carbocycles. The average molecular weight is 671 g/mol. The van der Waals surface area contributed by atoms with E-state index in [0.29, 0.717) is 32.1 Å². The van der Waals surface area contributed by atoms with Crippen molar-refractivity contribution in [2.45, 2.75) is 119 Å². The van der Waals surface area contributed by atoms with Crippen LogP contribution in [0.4, 0.5) is 0 Å². The third kappa shape index (κ3) is 4.72. The van der Waals surface area contributed by atoms with Crippen LogP contribution in [-0.4, -0.2) is 46.6 Å². The van der Waals surface area contributed by atoms with Gasteiger partial charge in [-0.05, 0) is 118 Å². The highest BCUT2D eigenvalue weighted by Gasteiger charge is 2.72. The van der Waals surface area contributed by atoms with Gasteiger partial charge < -0.3 is 28.5 Å². The zero-order valence-electron chi connectivity index (χ0n) is 29.2. The minimum Gasteiger partial charge on any atom is -0.481 e. The SMILES string of the molecule is Cc1oc(=O)oc1COC(=O)[C@]1(C)[C@@H](OC(=O)CO)CC[C@@]2(C)[C@H]1CC[C@]1(C)[C@@H]2C(=O)C=C2[C@@H]3C[C@@](C)(C(=O)O)CC[C@]3(C)CC[C@]21C. The van der Waals surface area contributed by atoms with Gasteiger partial charge in [-0.15, -0.1) is 0 Å². The summed E-state index contributed by atoms with van der Waals surface area (Å²) in [6.45, 7) is 12.8. The second-order valence-electron chi connectivity index (χ2n) is 17.0. The maximum Gasteiger partial charge on any atom is 0.519 e. The van der Waals surface area contributed by atoms with Crippen LogP contribution in [0, 0.1) is 57.2 Å². The lowest BCUT2D eigenvalue weighted by molar-refractivity contribution is -0.225. The Labute approximate surface area is 280 Å². The molecule has 0 saturated heterocycles. The van der Waals surface area contributed by atoms with Gasteiger partial charge in [0.25, 0.3) is 0 Å². The van der Waals surface area contributed by atoms with Crippen molar-refractivity contribution in [3.8, 4) is 0 Å². The molecule has 0 spiro atoms. The molecule has 0 amide bonds. The Hall–Kier alpha value is -3.21. The molecule has 0 aromatic carbocycles. The highest BCUT2D eigenvalue weighted by Crippen LogP contribution is 2.75. The molecule has 264 valence electrons. The van der Waals surface area contributed by atoms with E-state index in [4.69, 9.17) is 18.3 Å². The number of carbonyl (C=O) groups excluding carboxylic acids is 3. The molecule has 11 heteroatoms. The maximum atomic E-state index is 14.7. The van der Waals surface area contributed by atoms with Crippen molar-refractivity contribution in [3.05, 3.63) is 33.8 Å². The number of carboxylic acid groups (broad SMARTS) is 1. The topological polar surface area (TPSA) is 171 Å². The summed E-state index contributed by atoms with van der Waals surface area (Å²) in [5, 5.41) is 19.7. The highest BCUT2D eigenvalue weighted by atomic mass is 16.6. The summed E-state index contributed by atoms with van der Waals surface area (Å²) >= 11 is 0. The van der Waals surface area contributed by atoms with Crippen LogP contribution in [0.1, 0.15) is 111 Å². The van der Waals surface area contributed by atoms with E-state index >= 15 is 0 Å². The number of hydrogen-bond donors (Lipinski definition) is 2. The summed E-state index contributed by atoms with van der Waals surface area (Å²) in [7, 11) is 0. The molecule has 5 aliphatic rings. The van der Waals surface area contributed by atoms with Gasteiger partial charge in [0.05, 0.1) is 5.41 Å². The predicted octanol–water partition coefficient (Wildman–Crippen LogP) is 5.53. The number of aliphatic carboxylic acids is 1. The minimum absolute atomic E-state index is 0.0151. The number of esters is 2. The number of hydrogen-bond acceptors (Lipinski definition) is 10. The smallest absolute Gasteiger partial charge is 0.481 e. The van der Waals surface area contributed by atoms with Gasteiger partial charge in [-0.2, -0.15) is 0 Å². The van der Waals surface area contributed by atoms with Crippen molar-refractivity contribution >= 4 is 23.7 Å². The molecule has 6 rings (SSSR count). The highest BCUT2D eigenvalue weighted by molar-refractivity contribution is 5.96. The van der Waals surface area contributed by atoms with Gasteiger partial charge in [-0.3, -0.25) is 14.4 Å². The number of ketones is 1. The first-order valence-electron chi connectivity index (χ1n) is 17.4. The lowest BCUT2D eigenvalue weighted by Crippen LogP contribution is -2.68. The van der Waals surface area contributed by atoms with E-state index < -0.39 is 69.9 Å². The Bertz CT molecular complexity index is 1630. The molecule has 0 radical (unpaired) electrons. The number of ether oxygens (including phenoxy) is 2. The fraction of sp³-hybridized carbons (Fsp3) is 0.757. The van der Waals surface area contributed by atoms with Crippen LogP contribution in [0.2, 0.25) is 0 Å². The van der Waals surface area contributed by atoms with E-state index in [-0.39, 0.29) is 47.1 Å².